The second-order valence-corrected chi connectivity index (χ2v) is 5.43. The lowest BCUT2D eigenvalue weighted by atomic mass is 9.98. The average molecular weight is 249 g/mol. The largest absolute Gasteiger partial charge is 0.207 e. The van der Waals surface area contributed by atoms with Gasteiger partial charge in [0.1, 0.15) is 11.6 Å². The monoisotopic (exact) mass is 248 g/mol. The zero-order valence-corrected chi connectivity index (χ0v) is 9.62. The number of hydrogen-bond acceptors (Lipinski definition) is 1. The molecule has 0 aliphatic carbocycles. The van der Waals surface area contributed by atoms with E-state index >= 15 is 0 Å². The smallest absolute Gasteiger partial charge is 0.126 e. The summed E-state index contributed by atoms with van der Waals surface area (Å²) in [5.41, 5.74) is 0.700. The average Bonchev–Trinajstić information content (AvgIpc) is 2.50. The van der Waals surface area contributed by atoms with E-state index < -0.39 is 11.6 Å². The normalized spacial score (nSPS) is 25.8. The van der Waals surface area contributed by atoms with Crippen molar-refractivity contribution in [3.8, 4) is 0 Å². The molecule has 0 nitrogen and oxygen atoms in total. The van der Waals surface area contributed by atoms with Gasteiger partial charge in [-0.15, -0.1) is 11.6 Å². The van der Waals surface area contributed by atoms with Crippen LogP contribution in [0.15, 0.2) is 18.2 Å². The van der Waals surface area contributed by atoms with Crippen molar-refractivity contribution in [3.05, 3.63) is 35.4 Å². The second-order valence-electron chi connectivity index (χ2n) is 3.80. The molecule has 1 fully saturated rings. The Morgan fingerprint density at radius 2 is 1.87 bits per heavy atom. The highest BCUT2D eigenvalue weighted by Gasteiger charge is 2.26. The van der Waals surface area contributed by atoms with Gasteiger partial charge in [-0.3, -0.25) is 0 Å². The number of alkyl halides is 1. The summed E-state index contributed by atoms with van der Waals surface area (Å²) in [6.45, 7) is 0. The molecule has 2 unspecified atom stereocenters. The van der Waals surface area contributed by atoms with Gasteiger partial charge in [0.05, 0.1) is 0 Å². The first-order valence-corrected chi connectivity index (χ1v) is 6.41. The second kappa shape index (κ2) is 4.71. The van der Waals surface area contributed by atoms with Crippen LogP contribution in [0.2, 0.25) is 0 Å². The third-order valence-corrected chi connectivity index (χ3v) is 4.49. The van der Waals surface area contributed by atoms with Crippen molar-refractivity contribution in [2.24, 2.45) is 5.92 Å². The Balaban J connectivity index is 2.10. The van der Waals surface area contributed by atoms with Crippen molar-refractivity contribution >= 4 is 23.4 Å². The molecule has 1 aliphatic heterocycles. The summed E-state index contributed by atoms with van der Waals surface area (Å²) in [5.74, 6) is 1.22. The minimum Gasteiger partial charge on any atom is -0.207 e. The molecule has 1 saturated heterocycles. The maximum atomic E-state index is 12.9. The number of benzene rings is 1. The van der Waals surface area contributed by atoms with Crippen LogP contribution < -0.4 is 0 Å². The van der Waals surface area contributed by atoms with Crippen LogP contribution in [0.1, 0.15) is 5.56 Å². The molecule has 1 heterocycles. The summed E-state index contributed by atoms with van der Waals surface area (Å²) in [5, 5.41) is 0.126. The number of thioether (sulfide) groups is 1. The summed E-state index contributed by atoms with van der Waals surface area (Å²) in [4.78, 5) is 0. The lowest BCUT2D eigenvalue weighted by Gasteiger charge is -2.12. The summed E-state index contributed by atoms with van der Waals surface area (Å²) >= 11 is 7.90. The van der Waals surface area contributed by atoms with Crippen molar-refractivity contribution < 1.29 is 8.78 Å². The summed E-state index contributed by atoms with van der Waals surface area (Å²) in [6.07, 6.45) is 0.663. The van der Waals surface area contributed by atoms with Crippen molar-refractivity contribution in [2.45, 2.75) is 11.8 Å². The van der Waals surface area contributed by atoms with Crippen LogP contribution in [0.4, 0.5) is 8.78 Å². The third-order valence-electron chi connectivity index (χ3n) is 2.54. The Labute approximate surface area is 97.0 Å². The molecule has 0 aromatic heterocycles. The van der Waals surface area contributed by atoms with Gasteiger partial charge < -0.3 is 0 Å². The molecule has 1 aromatic carbocycles. The Morgan fingerprint density at radius 3 is 2.40 bits per heavy atom. The maximum Gasteiger partial charge on any atom is 0.126 e. The minimum absolute atomic E-state index is 0.126. The highest BCUT2D eigenvalue weighted by atomic mass is 35.5. The highest BCUT2D eigenvalue weighted by Crippen LogP contribution is 2.31. The van der Waals surface area contributed by atoms with Crippen LogP contribution in [0.3, 0.4) is 0 Å². The van der Waals surface area contributed by atoms with E-state index in [1.54, 1.807) is 11.8 Å². The van der Waals surface area contributed by atoms with Gasteiger partial charge in [0.15, 0.2) is 0 Å². The molecule has 1 aromatic rings. The van der Waals surface area contributed by atoms with Crippen LogP contribution in [0.5, 0.6) is 0 Å². The fraction of sp³-hybridized carbons (Fsp3) is 0.455. The SMILES string of the molecule is Fc1cc(F)cc(CC2CSCC2Cl)c1. The lowest BCUT2D eigenvalue weighted by molar-refractivity contribution is 0.564. The predicted octanol–water partition coefficient (Wildman–Crippen LogP) is 3.48. The van der Waals surface area contributed by atoms with E-state index in [0.717, 1.165) is 17.6 Å². The Kier molecular flexibility index (Phi) is 3.52. The molecular formula is C11H11ClF2S. The molecule has 0 amide bonds. The van der Waals surface area contributed by atoms with Gasteiger partial charge >= 0.3 is 0 Å². The van der Waals surface area contributed by atoms with Crippen molar-refractivity contribution in [1.82, 2.24) is 0 Å². The first-order valence-electron chi connectivity index (χ1n) is 4.82. The van der Waals surface area contributed by atoms with E-state index in [4.69, 9.17) is 11.6 Å². The van der Waals surface area contributed by atoms with Gasteiger partial charge in [-0.1, -0.05) is 0 Å². The topological polar surface area (TPSA) is 0 Å². The Morgan fingerprint density at radius 1 is 1.20 bits per heavy atom. The standard InChI is InChI=1S/C11H11ClF2S/c12-11-6-15-5-8(11)1-7-2-9(13)4-10(14)3-7/h2-4,8,11H,1,5-6H2. The van der Waals surface area contributed by atoms with Crippen molar-refractivity contribution in [3.63, 3.8) is 0 Å². The molecule has 4 heteroatoms. The van der Waals surface area contributed by atoms with Gasteiger partial charge in [-0.2, -0.15) is 11.8 Å². The van der Waals surface area contributed by atoms with E-state index in [1.807, 2.05) is 0 Å². The Hall–Kier alpha value is -0.280. The van der Waals surface area contributed by atoms with E-state index in [9.17, 15) is 8.78 Å². The van der Waals surface area contributed by atoms with Gasteiger partial charge in [0, 0.05) is 17.2 Å². The zero-order chi connectivity index (χ0) is 10.8. The molecule has 1 aliphatic rings. The predicted molar refractivity (Wildman–Crippen MR) is 60.5 cm³/mol. The molecule has 0 spiro atoms. The van der Waals surface area contributed by atoms with Gasteiger partial charge in [0.25, 0.3) is 0 Å². The molecule has 82 valence electrons. The van der Waals surface area contributed by atoms with E-state index in [-0.39, 0.29) is 5.38 Å². The number of hydrogen-bond donors (Lipinski definition) is 0. The fourth-order valence-corrected chi connectivity index (χ4v) is 3.63. The maximum absolute atomic E-state index is 12.9. The lowest BCUT2D eigenvalue weighted by Crippen LogP contribution is -2.14. The molecule has 15 heavy (non-hydrogen) atoms. The van der Waals surface area contributed by atoms with Crippen LogP contribution in [-0.4, -0.2) is 16.9 Å². The minimum atomic E-state index is -0.512. The van der Waals surface area contributed by atoms with Gasteiger partial charge in [-0.25, -0.2) is 8.78 Å². The van der Waals surface area contributed by atoms with Crippen molar-refractivity contribution in [2.75, 3.05) is 11.5 Å². The quantitative estimate of drug-likeness (QED) is 0.722. The summed E-state index contributed by atoms with van der Waals surface area (Å²) in [7, 11) is 0. The molecular weight excluding hydrogens is 238 g/mol. The van der Waals surface area contributed by atoms with E-state index in [0.29, 0.717) is 17.9 Å². The highest BCUT2D eigenvalue weighted by molar-refractivity contribution is 7.99. The zero-order valence-electron chi connectivity index (χ0n) is 8.05. The van der Waals surface area contributed by atoms with Gasteiger partial charge in [-0.05, 0) is 35.8 Å². The van der Waals surface area contributed by atoms with E-state index in [1.165, 1.54) is 12.1 Å². The van der Waals surface area contributed by atoms with Crippen LogP contribution >= 0.6 is 23.4 Å². The fourth-order valence-electron chi connectivity index (χ4n) is 1.79. The molecule has 2 atom stereocenters. The molecule has 2 rings (SSSR count). The first-order chi connectivity index (χ1) is 7.15. The van der Waals surface area contributed by atoms with Crippen molar-refractivity contribution in [1.29, 1.82) is 0 Å². The number of halogens is 3. The van der Waals surface area contributed by atoms with Crippen LogP contribution in [0.25, 0.3) is 0 Å². The van der Waals surface area contributed by atoms with E-state index in [2.05, 4.69) is 0 Å². The molecule has 0 bridgehead atoms. The summed E-state index contributed by atoms with van der Waals surface area (Å²) < 4.78 is 25.8. The Bertz CT molecular complexity index is 336. The molecule has 0 radical (unpaired) electrons. The first kappa shape index (κ1) is 11.2. The van der Waals surface area contributed by atoms with Gasteiger partial charge in [0.2, 0.25) is 0 Å². The molecule has 0 N–H and O–H groups in total. The van der Waals surface area contributed by atoms with Crippen LogP contribution in [0, 0.1) is 17.6 Å². The number of rotatable bonds is 2. The molecule has 0 saturated carbocycles. The summed E-state index contributed by atoms with van der Waals surface area (Å²) in [6, 6.07) is 3.66. The van der Waals surface area contributed by atoms with Crippen LogP contribution in [-0.2, 0) is 6.42 Å². The third kappa shape index (κ3) is 2.85.